The van der Waals surface area contributed by atoms with Gasteiger partial charge in [0, 0.05) is 0 Å². The van der Waals surface area contributed by atoms with Crippen LogP contribution in [0.25, 0.3) is 0 Å². The van der Waals surface area contributed by atoms with Gasteiger partial charge in [-0.05, 0) is 6.92 Å². The summed E-state index contributed by atoms with van der Waals surface area (Å²) in [6.45, 7) is 4.21. The van der Waals surface area contributed by atoms with Gasteiger partial charge in [-0.3, -0.25) is 48.3 Å². The van der Waals surface area contributed by atoms with E-state index in [1.54, 1.807) is 0 Å². The molecule has 18 nitrogen and oxygen atoms in total. The van der Waals surface area contributed by atoms with Crippen LogP contribution in [0.3, 0.4) is 0 Å². The summed E-state index contributed by atoms with van der Waals surface area (Å²) in [6, 6.07) is 0. The van der Waals surface area contributed by atoms with Gasteiger partial charge in [-0.2, -0.15) is 12.6 Å². The minimum Gasteiger partial charge on any atom is -0.753 e. The van der Waals surface area contributed by atoms with Gasteiger partial charge in [0.2, 0.25) is 0 Å². The van der Waals surface area contributed by atoms with E-state index in [0.29, 0.717) is 0 Å². The Morgan fingerprint density at radius 1 is 0.667 bits per heavy atom. The van der Waals surface area contributed by atoms with E-state index in [-0.39, 0.29) is 23.8 Å². The number of allylic oxidation sites excluding steroid dienone is 1. The first kappa shape index (κ1) is 50.5. The average Bonchev–Trinajstić information content (AvgIpc) is 2.13. The Morgan fingerprint density at radius 3 is 0.697 bits per heavy atom. The first-order valence-corrected chi connectivity index (χ1v) is 14.2. The predicted molar refractivity (Wildman–Crippen MR) is 89.9 cm³/mol. The van der Waals surface area contributed by atoms with E-state index in [1.807, 2.05) is 0 Å². The quantitative estimate of drug-likeness (QED) is 0.0599. The van der Waals surface area contributed by atoms with Gasteiger partial charge in [-0.1, -0.05) is 6.58 Å². The maximum absolute atomic E-state index is 10.4. The van der Waals surface area contributed by atoms with Crippen molar-refractivity contribution in [2.24, 2.45) is 0 Å². The first-order chi connectivity index (χ1) is 12.9. The maximum Gasteiger partial charge on any atom is 1.00 e. The second-order valence-electron chi connectivity index (χ2n) is 3.52. The Labute approximate surface area is 192 Å². The molecule has 0 bridgehead atoms. The maximum atomic E-state index is 10.4. The van der Waals surface area contributed by atoms with Crippen molar-refractivity contribution < 1.29 is 125 Å². The molecule has 30 heteroatoms. The van der Waals surface area contributed by atoms with Gasteiger partial charge in [0.15, 0.2) is 0 Å². The van der Waals surface area contributed by atoms with Crippen LogP contribution in [-0.2, 0) is 32.9 Å². The second-order valence-corrected chi connectivity index (χ2v) is 9.85. The molecule has 10 N–H and O–H groups in total. The largest absolute Gasteiger partial charge is 1.00 e. The summed E-state index contributed by atoms with van der Waals surface area (Å²) in [7, 11) is -29.9. The zero-order valence-electron chi connectivity index (χ0n) is 15.5. The molecule has 0 aromatic rings. The molecule has 1 atom stereocenters. The van der Waals surface area contributed by atoms with Crippen molar-refractivity contribution in [1.29, 1.82) is 0 Å². The van der Waals surface area contributed by atoms with Crippen LogP contribution in [0.5, 0.6) is 0 Å². The third-order valence-corrected chi connectivity index (χ3v) is 1.32. The van der Waals surface area contributed by atoms with E-state index in [9.17, 15) is 29.4 Å². The molecule has 0 aliphatic carbocycles. The summed E-state index contributed by atoms with van der Waals surface area (Å²) in [5.74, 6) is 0. The molecule has 0 heterocycles. The van der Waals surface area contributed by atoms with Crippen molar-refractivity contribution >= 4 is 49.7 Å². The average molecular weight is 628 g/mol. The van der Waals surface area contributed by atoms with Crippen molar-refractivity contribution in [3.8, 4) is 0 Å². The molecule has 0 saturated heterocycles. The van der Waals surface area contributed by atoms with E-state index in [2.05, 4.69) is 6.58 Å². The Bertz CT molecular complexity index is 689. The molecular weight excluding hydrogens is 613 g/mol. The molecule has 202 valence electrons. The molecule has 0 aromatic carbocycles. The molecule has 0 rings (SSSR count). The van der Waals surface area contributed by atoms with Crippen LogP contribution in [0, 0.1) is 0 Å². The van der Waals surface area contributed by atoms with Gasteiger partial charge < -0.3 is 9.79 Å². The summed E-state index contributed by atoms with van der Waals surface area (Å²) >= 11 is 0. The fourth-order valence-corrected chi connectivity index (χ4v) is 0. The van der Waals surface area contributed by atoms with Gasteiger partial charge in [0.25, 0.3) is 10.1 Å². The minimum atomic E-state index is -5.39. The third-order valence-electron chi connectivity index (χ3n) is 0.440. The van der Waals surface area contributed by atoms with Gasteiger partial charge in [-0.25, -0.2) is 18.3 Å². The molecular formula is C3H15F5LiO18P5S. The molecule has 0 aliphatic heterocycles. The smallest absolute Gasteiger partial charge is 0.753 e. The molecule has 0 spiro atoms. The molecule has 0 saturated carbocycles. The molecule has 0 fully saturated rings. The van der Waals surface area contributed by atoms with Crippen molar-refractivity contribution in [3.05, 3.63) is 11.5 Å². The van der Waals surface area contributed by atoms with E-state index >= 15 is 0 Å². The number of hydrogen-bond acceptors (Lipinski definition) is 8. The van der Waals surface area contributed by atoms with Crippen molar-refractivity contribution in [2.45, 2.75) is 6.92 Å². The van der Waals surface area contributed by atoms with E-state index < -0.39 is 49.7 Å². The number of hydrogen-bond donors (Lipinski definition) is 10. The molecule has 0 aromatic heterocycles. The van der Waals surface area contributed by atoms with Gasteiger partial charge in [0.05, 0.1) is 4.91 Å². The van der Waals surface area contributed by atoms with E-state index in [0.717, 1.165) is 0 Å². The van der Waals surface area contributed by atoms with Gasteiger partial charge in [-0.15, -0.1) is 16.8 Å². The zero-order valence-corrected chi connectivity index (χ0v) is 20.8. The summed E-state index contributed by atoms with van der Waals surface area (Å²) in [6.07, 6.45) is 0. The van der Waals surface area contributed by atoms with Crippen LogP contribution in [0.15, 0.2) is 11.5 Å². The standard InChI is InChI=1S/C3H6O3S.5FH2O3P.Li/c1-3(2)7(4,5)6;5*1-5(2,3)4;/h1H2,2H3,(H,4,5,6);5*(H2,2,3,4);/q;;;;;;+1/p-1. The Kier molecular flexibility index (Phi) is 31.8. The first-order valence-electron chi connectivity index (χ1n) is 5.31. The fourth-order valence-electron chi connectivity index (χ4n) is 0. The minimum absolute atomic E-state index is 0. The van der Waals surface area contributed by atoms with Gasteiger partial charge >= 0.3 is 58.4 Å². The van der Waals surface area contributed by atoms with Crippen LogP contribution < -0.4 is 23.8 Å². The van der Waals surface area contributed by atoms with E-state index in [1.165, 1.54) is 6.92 Å². The molecule has 1 unspecified atom stereocenters. The van der Waals surface area contributed by atoms with E-state index in [4.69, 9.17) is 76.3 Å². The van der Waals surface area contributed by atoms with Crippen LogP contribution >= 0.6 is 39.5 Å². The van der Waals surface area contributed by atoms with Crippen molar-refractivity contribution in [2.75, 3.05) is 0 Å². The summed E-state index contributed by atoms with van der Waals surface area (Å²) in [4.78, 5) is 70.9. The SMILES string of the molecule is C=C(C)S(=O)(=O)O.O=P(O)(O)F.O=P(O)(O)F.O=P(O)(O)F.O=P(O)(O)F.O=P([O-])(O)F.[Li+]. The zero-order chi connectivity index (χ0) is 28.6. The molecule has 0 radical (unpaired) electrons. The van der Waals surface area contributed by atoms with Crippen LogP contribution in [-0.4, -0.2) is 57.0 Å². The Morgan fingerprint density at radius 2 is 0.697 bits per heavy atom. The number of rotatable bonds is 1. The third kappa shape index (κ3) is 694. The summed E-state index contributed by atoms with van der Waals surface area (Å²) in [5, 5.41) is 0. The molecule has 0 aliphatic rings. The fraction of sp³-hybridized carbons (Fsp3) is 0.333. The van der Waals surface area contributed by atoms with Crippen LogP contribution in [0.2, 0.25) is 0 Å². The summed E-state index contributed by atoms with van der Waals surface area (Å²) < 4.78 is 122. The predicted octanol–water partition coefficient (Wildman–Crippen LogP) is -2.98. The molecule has 0 amide bonds. The topological polar surface area (TPSA) is 345 Å². The summed E-state index contributed by atoms with van der Waals surface area (Å²) in [5.41, 5.74) is 0. The van der Waals surface area contributed by atoms with Crippen LogP contribution in [0.4, 0.5) is 21.0 Å². The molecule has 33 heavy (non-hydrogen) atoms. The Balaban J connectivity index is -0.0000000491. The number of halogens is 5. The Hall–Kier alpha value is 0.647. The van der Waals surface area contributed by atoms with Crippen molar-refractivity contribution in [3.63, 3.8) is 0 Å². The van der Waals surface area contributed by atoms with Crippen LogP contribution in [0.1, 0.15) is 6.92 Å². The monoisotopic (exact) mass is 628 g/mol. The van der Waals surface area contributed by atoms with Crippen molar-refractivity contribution in [1.82, 2.24) is 0 Å². The normalized spacial score (nSPS) is 12.8. The second kappa shape index (κ2) is 20.8. The van der Waals surface area contributed by atoms with Gasteiger partial charge in [0.1, 0.15) is 0 Å².